The second-order valence-electron chi connectivity index (χ2n) is 5.17. The van der Waals surface area contributed by atoms with Crippen LogP contribution < -0.4 is 10.5 Å². The number of methoxy groups -OCH3 is 1. The van der Waals surface area contributed by atoms with Gasteiger partial charge in [-0.1, -0.05) is 6.07 Å². The molecular weight excluding hydrogens is 272 g/mol. The number of ether oxygens (including phenoxy) is 1. The van der Waals surface area contributed by atoms with Gasteiger partial charge in [0.1, 0.15) is 10.6 Å². The number of nitrogen functional groups attached to an aromatic ring is 1. The van der Waals surface area contributed by atoms with E-state index in [4.69, 9.17) is 10.5 Å². The van der Waals surface area contributed by atoms with Crippen LogP contribution in [-0.2, 0) is 0 Å². The van der Waals surface area contributed by atoms with E-state index in [0.717, 1.165) is 35.2 Å². The van der Waals surface area contributed by atoms with E-state index in [-0.39, 0.29) is 5.91 Å². The minimum atomic E-state index is 0.0516. The predicted octanol–water partition coefficient (Wildman–Crippen LogP) is 3.12. The zero-order chi connectivity index (χ0) is 14.3. The van der Waals surface area contributed by atoms with Gasteiger partial charge in [0.05, 0.1) is 18.2 Å². The Morgan fingerprint density at radius 2 is 2.30 bits per heavy atom. The summed E-state index contributed by atoms with van der Waals surface area (Å²) in [5, 5.41) is 0.857. The van der Waals surface area contributed by atoms with Gasteiger partial charge in [-0.2, -0.15) is 0 Å². The Morgan fingerprint density at radius 3 is 2.95 bits per heavy atom. The summed E-state index contributed by atoms with van der Waals surface area (Å²) in [7, 11) is 1.62. The Hall–Kier alpha value is -1.75. The molecule has 5 heteroatoms. The summed E-state index contributed by atoms with van der Waals surface area (Å²) in [5.41, 5.74) is 6.76. The number of benzene rings is 1. The molecule has 1 unspecified atom stereocenters. The van der Waals surface area contributed by atoms with Gasteiger partial charge < -0.3 is 15.4 Å². The molecule has 2 heterocycles. The maximum atomic E-state index is 12.7. The van der Waals surface area contributed by atoms with Gasteiger partial charge in [0.2, 0.25) is 0 Å². The van der Waals surface area contributed by atoms with Crippen LogP contribution >= 0.6 is 11.3 Å². The Kier molecular flexibility index (Phi) is 3.30. The molecule has 1 aromatic carbocycles. The minimum Gasteiger partial charge on any atom is -0.496 e. The average molecular weight is 290 g/mol. The van der Waals surface area contributed by atoms with Crippen molar-refractivity contribution < 1.29 is 9.53 Å². The highest BCUT2D eigenvalue weighted by molar-refractivity contribution is 7.21. The molecule has 2 aromatic rings. The summed E-state index contributed by atoms with van der Waals surface area (Å²) in [6, 6.07) is 6.07. The molecular formula is C15H18N2O2S. The van der Waals surface area contributed by atoms with E-state index < -0.39 is 0 Å². The fourth-order valence-corrected chi connectivity index (χ4v) is 3.93. The highest BCUT2D eigenvalue weighted by Crippen LogP contribution is 2.40. The molecule has 0 spiro atoms. The van der Waals surface area contributed by atoms with Gasteiger partial charge >= 0.3 is 0 Å². The number of hydrogen-bond acceptors (Lipinski definition) is 4. The third kappa shape index (κ3) is 1.93. The van der Waals surface area contributed by atoms with Crippen molar-refractivity contribution in [2.24, 2.45) is 0 Å². The quantitative estimate of drug-likeness (QED) is 0.924. The van der Waals surface area contributed by atoms with E-state index in [2.05, 4.69) is 6.92 Å². The maximum absolute atomic E-state index is 12.7. The van der Waals surface area contributed by atoms with Gasteiger partial charge in [0.25, 0.3) is 5.91 Å². The molecule has 20 heavy (non-hydrogen) atoms. The lowest BCUT2D eigenvalue weighted by molar-refractivity contribution is 0.0753. The topological polar surface area (TPSA) is 55.6 Å². The van der Waals surface area contributed by atoms with Crippen LogP contribution in [0.15, 0.2) is 18.2 Å². The van der Waals surface area contributed by atoms with Gasteiger partial charge in [-0.3, -0.25) is 4.79 Å². The largest absolute Gasteiger partial charge is 0.496 e. The van der Waals surface area contributed by atoms with Crippen molar-refractivity contribution in [2.75, 3.05) is 19.4 Å². The number of fused-ring (bicyclic) bond motifs is 1. The summed E-state index contributed by atoms with van der Waals surface area (Å²) in [6.07, 6.45) is 2.14. The molecule has 1 aliphatic heterocycles. The number of carbonyl (C=O) groups is 1. The number of nitrogens with zero attached hydrogens (tertiary/aromatic N) is 1. The van der Waals surface area contributed by atoms with Crippen LogP contribution in [0.2, 0.25) is 0 Å². The highest BCUT2D eigenvalue weighted by Gasteiger charge is 2.29. The number of likely N-dealkylation sites (tertiary alicyclic amines) is 1. The monoisotopic (exact) mass is 290 g/mol. The number of anilines is 1. The first-order valence-electron chi connectivity index (χ1n) is 6.79. The fourth-order valence-electron chi connectivity index (χ4n) is 2.83. The molecule has 1 aromatic heterocycles. The van der Waals surface area contributed by atoms with Crippen molar-refractivity contribution in [3.63, 3.8) is 0 Å². The lowest BCUT2D eigenvalue weighted by atomic mass is 10.2. The van der Waals surface area contributed by atoms with Crippen molar-refractivity contribution >= 4 is 33.0 Å². The maximum Gasteiger partial charge on any atom is 0.266 e. The van der Waals surface area contributed by atoms with Gasteiger partial charge in [-0.05, 0) is 31.9 Å². The second-order valence-corrected chi connectivity index (χ2v) is 6.22. The molecule has 1 fully saturated rings. The summed E-state index contributed by atoms with van der Waals surface area (Å²) in [4.78, 5) is 15.2. The van der Waals surface area contributed by atoms with E-state index in [1.165, 1.54) is 11.3 Å². The van der Waals surface area contributed by atoms with E-state index >= 15 is 0 Å². The number of thiophene rings is 1. The van der Waals surface area contributed by atoms with E-state index in [1.54, 1.807) is 7.11 Å². The number of carbonyl (C=O) groups excluding carboxylic acids is 1. The van der Waals surface area contributed by atoms with Crippen molar-refractivity contribution in [3.8, 4) is 5.75 Å². The normalized spacial score (nSPS) is 18.7. The molecule has 1 atom stereocenters. The zero-order valence-corrected chi connectivity index (χ0v) is 12.5. The fraction of sp³-hybridized carbons (Fsp3) is 0.400. The summed E-state index contributed by atoms with van der Waals surface area (Å²) in [6.45, 7) is 2.92. The van der Waals surface area contributed by atoms with Gasteiger partial charge in [-0.15, -0.1) is 11.3 Å². The molecule has 1 saturated heterocycles. The van der Waals surface area contributed by atoms with E-state index in [0.29, 0.717) is 16.6 Å². The highest BCUT2D eigenvalue weighted by atomic mass is 32.1. The first-order chi connectivity index (χ1) is 9.63. The van der Waals surface area contributed by atoms with Crippen LogP contribution in [0.1, 0.15) is 29.4 Å². The smallest absolute Gasteiger partial charge is 0.266 e. The van der Waals surface area contributed by atoms with Crippen molar-refractivity contribution in [1.29, 1.82) is 0 Å². The molecule has 106 valence electrons. The summed E-state index contributed by atoms with van der Waals surface area (Å²) < 4.78 is 6.35. The Labute approximate surface area is 122 Å². The first kappa shape index (κ1) is 13.2. The molecule has 1 aliphatic rings. The molecule has 0 bridgehead atoms. The lowest BCUT2D eigenvalue weighted by Crippen LogP contribution is -2.33. The average Bonchev–Trinajstić information content (AvgIpc) is 3.02. The van der Waals surface area contributed by atoms with Gasteiger partial charge in [0.15, 0.2) is 0 Å². The molecule has 2 N–H and O–H groups in total. The van der Waals surface area contributed by atoms with Crippen molar-refractivity contribution in [2.45, 2.75) is 25.8 Å². The first-order valence-corrected chi connectivity index (χ1v) is 7.61. The van der Waals surface area contributed by atoms with Crippen LogP contribution in [-0.4, -0.2) is 30.5 Å². The summed E-state index contributed by atoms with van der Waals surface area (Å²) in [5.74, 6) is 0.778. The predicted molar refractivity (Wildman–Crippen MR) is 82.5 cm³/mol. The number of nitrogens with two attached hydrogens (primary N) is 1. The van der Waals surface area contributed by atoms with Crippen LogP contribution in [0.4, 0.5) is 5.69 Å². The zero-order valence-electron chi connectivity index (χ0n) is 11.7. The third-order valence-corrected chi connectivity index (χ3v) is 5.10. The van der Waals surface area contributed by atoms with Gasteiger partial charge in [-0.25, -0.2) is 0 Å². The van der Waals surface area contributed by atoms with Gasteiger partial charge in [0, 0.05) is 17.3 Å². The number of hydrogen-bond donors (Lipinski definition) is 1. The summed E-state index contributed by atoms with van der Waals surface area (Å²) >= 11 is 1.45. The van der Waals surface area contributed by atoms with E-state index in [9.17, 15) is 4.79 Å². The van der Waals surface area contributed by atoms with Crippen molar-refractivity contribution in [3.05, 3.63) is 23.1 Å². The standard InChI is InChI=1S/C15H18N2O2S/c1-9-5-4-8-17(9)15(18)14-13(16)12-10(19-2)6-3-7-11(12)20-14/h3,6-7,9H,4-5,8,16H2,1-2H3. The molecule has 1 amide bonds. The molecule has 3 rings (SSSR count). The van der Waals surface area contributed by atoms with Crippen LogP contribution in [0.5, 0.6) is 5.75 Å². The minimum absolute atomic E-state index is 0.0516. The number of amides is 1. The molecule has 0 saturated carbocycles. The van der Waals surface area contributed by atoms with Crippen LogP contribution in [0.25, 0.3) is 10.1 Å². The molecule has 0 aliphatic carbocycles. The third-order valence-electron chi connectivity index (χ3n) is 3.94. The molecule has 4 nitrogen and oxygen atoms in total. The second kappa shape index (κ2) is 4.98. The lowest BCUT2D eigenvalue weighted by Gasteiger charge is -2.20. The Balaban J connectivity index is 2.08. The Morgan fingerprint density at radius 1 is 1.50 bits per heavy atom. The number of rotatable bonds is 2. The Bertz CT molecular complexity index is 665. The van der Waals surface area contributed by atoms with Crippen LogP contribution in [0, 0.1) is 0 Å². The van der Waals surface area contributed by atoms with E-state index in [1.807, 2.05) is 23.1 Å². The SMILES string of the molecule is COc1cccc2sc(C(=O)N3CCCC3C)c(N)c12. The molecule has 0 radical (unpaired) electrons. The van der Waals surface area contributed by atoms with Crippen LogP contribution in [0.3, 0.4) is 0 Å². The van der Waals surface area contributed by atoms with Crippen molar-refractivity contribution in [1.82, 2.24) is 4.90 Å².